The molecule has 1 aromatic rings. The third kappa shape index (κ3) is 4.66. The van der Waals surface area contributed by atoms with Crippen molar-refractivity contribution in [2.75, 3.05) is 13.1 Å². The van der Waals surface area contributed by atoms with Gasteiger partial charge >= 0.3 is 6.09 Å². The molecule has 2 rings (SSSR count). The van der Waals surface area contributed by atoms with Gasteiger partial charge in [-0.25, -0.2) is 17.9 Å². The molecule has 7 nitrogen and oxygen atoms in total. The molecular formula is C15H22N2O5S. The van der Waals surface area contributed by atoms with E-state index in [1.165, 1.54) is 17.0 Å². The van der Waals surface area contributed by atoms with E-state index in [9.17, 15) is 18.3 Å². The summed E-state index contributed by atoms with van der Waals surface area (Å²) in [6.07, 6.45) is -1.56. The second-order valence-corrected chi connectivity index (χ2v) is 8.21. The SMILES string of the molecule is CC(C)(C)OC(=O)N1CC(O)C(NS(=O)(=O)c2ccccc2)C1. The molecular weight excluding hydrogens is 320 g/mol. The molecule has 2 atom stereocenters. The third-order valence-electron chi connectivity index (χ3n) is 3.30. The summed E-state index contributed by atoms with van der Waals surface area (Å²) in [5.74, 6) is 0. The highest BCUT2D eigenvalue weighted by Crippen LogP contribution is 2.18. The number of β-amino-alcohol motifs (C(OH)–C–C–N with tert-alkyl or cyclic N) is 1. The molecule has 1 heterocycles. The molecule has 1 aliphatic rings. The molecule has 2 N–H and O–H groups in total. The Morgan fingerprint density at radius 1 is 1.26 bits per heavy atom. The largest absolute Gasteiger partial charge is 0.444 e. The van der Waals surface area contributed by atoms with Crippen LogP contribution in [0.4, 0.5) is 4.79 Å². The first-order valence-electron chi connectivity index (χ1n) is 7.32. The summed E-state index contributed by atoms with van der Waals surface area (Å²) in [5, 5.41) is 10.0. The van der Waals surface area contributed by atoms with Crippen LogP contribution in [0.3, 0.4) is 0 Å². The van der Waals surface area contributed by atoms with Crippen LogP contribution in [0.15, 0.2) is 35.2 Å². The van der Waals surface area contributed by atoms with Crippen LogP contribution in [0.2, 0.25) is 0 Å². The molecule has 0 aromatic heterocycles. The minimum absolute atomic E-state index is 0.0247. The van der Waals surface area contributed by atoms with E-state index in [2.05, 4.69) is 4.72 Å². The van der Waals surface area contributed by atoms with Crippen LogP contribution in [0, 0.1) is 0 Å². The summed E-state index contributed by atoms with van der Waals surface area (Å²) in [6, 6.07) is 7.12. The molecule has 0 spiro atoms. The Labute approximate surface area is 136 Å². The molecule has 1 aliphatic heterocycles. The first-order valence-corrected chi connectivity index (χ1v) is 8.80. The Morgan fingerprint density at radius 2 is 1.87 bits per heavy atom. The van der Waals surface area contributed by atoms with Gasteiger partial charge in [0.25, 0.3) is 0 Å². The zero-order valence-corrected chi connectivity index (χ0v) is 14.2. The maximum atomic E-state index is 12.3. The van der Waals surface area contributed by atoms with Crippen molar-refractivity contribution in [1.82, 2.24) is 9.62 Å². The van der Waals surface area contributed by atoms with Gasteiger partial charge in [-0.3, -0.25) is 0 Å². The van der Waals surface area contributed by atoms with Gasteiger partial charge in [0.1, 0.15) is 5.60 Å². The highest BCUT2D eigenvalue weighted by Gasteiger charge is 2.38. The van der Waals surface area contributed by atoms with E-state index < -0.39 is 33.9 Å². The number of ether oxygens (including phenoxy) is 1. The minimum atomic E-state index is -3.75. The molecule has 0 saturated carbocycles. The van der Waals surface area contributed by atoms with Gasteiger partial charge in [-0.2, -0.15) is 0 Å². The van der Waals surface area contributed by atoms with Gasteiger partial charge in [0.05, 0.1) is 23.6 Å². The standard InChI is InChI=1S/C15H22N2O5S/c1-15(2,3)22-14(19)17-9-12(13(18)10-17)16-23(20,21)11-7-5-4-6-8-11/h4-8,12-13,16,18H,9-10H2,1-3H3. The van der Waals surface area contributed by atoms with Crippen molar-refractivity contribution >= 4 is 16.1 Å². The molecule has 128 valence electrons. The van der Waals surface area contributed by atoms with E-state index in [-0.39, 0.29) is 18.0 Å². The van der Waals surface area contributed by atoms with Crippen molar-refractivity contribution in [1.29, 1.82) is 0 Å². The van der Waals surface area contributed by atoms with Crippen LogP contribution in [0.25, 0.3) is 0 Å². The number of nitrogens with one attached hydrogen (secondary N) is 1. The van der Waals surface area contributed by atoms with Gasteiger partial charge in [0.2, 0.25) is 10.0 Å². The Bertz CT molecular complexity index is 654. The zero-order valence-electron chi connectivity index (χ0n) is 13.4. The zero-order chi connectivity index (χ0) is 17.3. The molecule has 0 aliphatic carbocycles. The second-order valence-electron chi connectivity index (χ2n) is 6.49. The van der Waals surface area contributed by atoms with Crippen LogP contribution in [-0.4, -0.2) is 55.4 Å². The molecule has 1 saturated heterocycles. The number of amides is 1. The number of hydrogen-bond donors (Lipinski definition) is 2. The average molecular weight is 342 g/mol. The monoisotopic (exact) mass is 342 g/mol. The first kappa shape index (κ1) is 17.7. The van der Waals surface area contributed by atoms with Gasteiger partial charge < -0.3 is 14.7 Å². The summed E-state index contributed by atoms with van der Waals surface area (Å²) in [4.78, 5) is 13.4. The quantitative estimate of drug-likeness (QED) is 0.852. The first-order chi connectivity index (χ1) is 10.6. The fourth-order valence-corrected chi connectivity index (χ4v) is 3.53. The van der Waals surface area contributed by atoms with Crippen molar-refractivity contribution in [3.63, 3.8) is 0 Å². The second kappa shape index (κ2) is 6.46. The maximum Gasteiger partial charge on any atom is 0.410 e. The normalized spacial score (nSPS) is 22.2. The molecule has 0 radical (unpaired) electrons. The van der Waals surface area contributed by atoms with Crippen LogP contribution >= 0.6 is 0 Å². The summed E-state index contributed by atoms with van der Waals surface area (Å²) >= 11 is 0. The van der Waals surface area contributed by atoms with E-state index in [1.54, 1.807) is 39.0 Å². The van der Waals surface area contributed by atoms with Crippen molar-refractivity contribution in [2.45, 2.75) is 43.4 Å². The number of benzene rings is 1. The van der Waals surface area contributed by atoms with Crippen molar-refractivity contribution in [3.8, 4) is 0 Å². The smallest absolute Gasteiger partial charge is 0.410 e. The molecule has 0 bridgehead atoms. The number of rotatable bonds is 3. The Balaban J connectivity index is 2.04. The molecule has 2 unspecified atom stereocenters. The van der Waals surface area contributed by atoms with Gasteiger partial charge in [-0.15, -0.1) is 0 Å². The summed E-state index contributed by atoms with van der Waals surface area (Å²) in [5.41, 5.74) is -0.649. The number of aliphatic hydroxyl groups excluding tert-OH is 1. The predicted octanol–water partition coefficient (Wildman–Crippen LogP) is 0.945. The van der Waals surface area contributed by atoms with Crippen molar-refractivity contribution in [2.24, 2.45) is 0 Å². The topological polar surface area (TPSA) is 95.9 Å². The summed E-state index contributed by atoms with van der Waals surface area (Å²) < 4.78 is 32.2. The summed E-state index contributed by atoms with van der Waals surface area (Å²) in [6.45, 7) is 5.31. The number of nitrogens with zero attached hydrogens (tertiary/aromatic N) is 1. The number of carbonyl (C=O) groups is 1. The van der Waals surface area contributed by atoms with Crippen LogP contribution < -0.4 is 4.72 Å². The number of likely N-dealkylation sites (tertiary alicyclic amines) is 1. The molecule has 23 heavy (non-hydrogen) atoms. The van der Waals surface area contributed by atoms with E-state index in [0.29, 0.717) is 0 Å². The van der Waals surface area contributed by atoms with Crippen LogP contribution in [0.1, 0.15) is 20.8 Å². The fourth-order valence-electron chi connectivity index (χ4n) is 2.25. The molecule has 1 fully saturated rings. The van der Waals surface area contributed by atoms with Gasteiger partial charge in [0.15, 0.2) is 0 Å². The molecule has 1 aromatic carbocycles. The lowest BCUT2D eigenvalue weighted by molar-refractivity contribution is 0.0270. The van der Waals surface area contributed by atoms with Gasteiger partial charge in [0, 0.05) is 6.54 Å². The lowest BCUT2D eigenvalue weighted by atomic mass is 10.2. The highest BCUT2D eigenvalue weighted by atomic mass is 32.2. The Morgan fingerprint density at radius 3 is 2.43 bits per heavy atom. The maximum absolute atomic E-state index is 12.3. The van der Waals surface area contributed by atoms with Crippen LogP contribution in [-0.2, 0) is 14.8 Å². The van der Waals surface area contributed by atoms with Gasteiger partial charge in [-0.05, 0) is 32.9 Å². The third-order valence-corrected chi connectivity index (χ3v) is 4.81. The fraction of sp³-hybridized carbons (Fsp3) is 0.533. The molecule has 1 amide bonds. The van der Waals surface area contributed by atoms with E-state index in [1.807, 2.05) is 0 Å². The van der Waals surface area contributed by atoms with Crippen molar-refractivity contribution in [3.05, 3.63) is 30.3 Å². The number of hydrogen-bond acceptors (Lipinski definition) is 5. The van der Waals surface area contributed by atoms with Crippen LogP contribution in [0.5, 0.6) is 0 Å². The Kier molecular flexibility index (Phi) is 4.98. The predicted molar refractivity (Wildman–Crippen MR) is 84.4 cm³/mol. The van der Waals surface area contributed by atoms with Crippen molar-refractivity contribution < 1.29 is 23.1 Å². The van der Waals surface area contributed by atoms with E-state index in [0.717, 1.165) is 0 Å². The average Bonchev–Trinajstić information content (AvgIpc) is 2.79. The lowest BCUT2D eigenvalue weighted by Gasteiger charge is -2.24. The van der Waals surface area contributed by atoms with Gasteiger partial charge in [-0.1, -0.05) is 18.2 Å². The molecule has 8 heteroatoms. The van der Waals surface area contributed by atoms with E-state index >= 15 is 0 Å². The summed E-state index contributed by atoms with van der Waals surface area (Å²) in [7, 11) is -3.75. The lowest BCUT2D eigenvalue weighted by Crippen LogP contribution is -2.43. The number of sulfonamides is 1. The highest BCUT2D eigenvalue weighted by molar-refractivity contribution is 7.89. The number of carbonyl (C=O) groups excluding carboxylic acids is 1. The van der Waals surface area contributed by atoms with E-state index in [4.69, 9.17) is 4.74 Å². The minimum Gasteiger partial charge on any atom is -0.444 e. The Hall–Kier alpha value is -1.64. The number of aliphatic hydroxyl groups is 1.